The Hall–Kier alpha value is -1.91. The summed E-state index contributed by atoms with van der Waals surface area (Å²) in [6, 6.07) is 0.581. The summed E-state index contributed by atoms with van der Waals surface area (Å²) in [5.41, 5.74) is 4.66. The van der Waals surface area contributed by atoms with E-state index in [4.69, 9.17) is 4.98 Å². The molecule has 0 saturated heterocycles. The second-order valence-corrected chi connectivity index (χ2v) is 6.60. The van der Waals surface area contributed by atoms with Gasteiger partial charge in [0.15, 0.2) is 5.65 Å². The van der Waals surface area contributed by atoms with Crippen molar-refractivity contribution in [3.05, 3.63) is 23.4 Å². The Morgan fingerprint density at radius 1 is 1.00 bits per heavy atom. The van der Waals surface area contributed by atoms with Gasteiger partial charge < -0.3 is 4.57 Å². The van der Waals surface area contributed by atoms with Crippen LogP contribution in [0.15, 0.2) is 6.33 Å². The third-order valence-electron chi connectivity index (χ3n) is 5.17. The van der Waals surface area contributed by atoms with Crippen LogP contribution in [0.3, 0.4) is 0 Å². The van der Waals surface area contributed by atoms with Gasteiger partial charge in [-0.1, -0.05) is 25.7 Å². The zero-order valence-electron chi connectivity index (χ0n) is 13.6. The van der Waals surface area contributed by atoms with E-state index in [0.717, 1.165) is 17.1 Å². The maximum Gasteiger partial charge on any atom is 0.168 e. The molecule has 1 saturated carbocycles. The zero-order valence-corrected chi connectivity index (χ0v) is 13.6. The van der Waals surface area contributed by atoms with Gasteiger partial charge in [-0.05, 0) is 39.2 Å². The van der Waals surface area contributed by atoms with Crippen molar-refractivity contribution in [2.45, 2.75) is 65.3 Å². The average Bonchev–Trinajstić information content (AvgIpc) is 2.85. The normalized spacial score (nSPS) is 17.4. The summed E-state index contributed by atoms with van der Waals surface area (Å²) in [6.07, 6.45) is 9.74. The minimum absolute atomic E-state index is 0.581. The van der Waals surface area contributed by atoms with Crippen LogP contribution in [0.1, 0.15) is 61.6 Å². The lowest BCUT2D eigenvalue weighted by Crippen LogP contribution is -2.10. The molecule has 0 aliphatic heterocycles. The molecule has 5 nitrogen and oxygen atoms in total. The predicted molar refractivity (Wildman–Crippen MR) is 87.2 cm³/mol. The van der Waals surface area contributed by atoms with E-state index in [1.54, 1.807) is 0 Å². The molecule has 0 spiro atoms. The first-order valence-electron chi connectivity index (χ1n) is 8.36. The Labute approximate surface area is 130 Å². The van der Waals surface area contributed by atoms with Gasteiger partial charge in [0.05, 0.1) is 5.39 Å². The molecule has 3 aromatic heterocycles. The first kappa shape index (κ1) is 13.7. The predicted octanol–water partition coefficient (Wildman–Crippen LogP) is 3.90. The Morgan fingerprint density at radius 2 is 1.73 bits per heavy atom. The fourth-order valence-corrected chi connectivity index (χ4v) is 3.96. The molecule has 3 aromatic rings. The SMILES string of the molecule is Cc1nc2c3c(C)c(C)n(C4CCCCCC4)c3ncn2n1. The third kappa shape index (κ3) is 1.95. The summed E-state index contributed by atoms with van der Waals surface area (Å²) in [4.78, 5) is 9.35. The Kier molecular flexibility index (Phi) is 3.17. The van der Waals surface area contributed by atoms with Crippen LogP contribution in [0.5, 0.6) is 0 Å². The van der Waals surface area contributed by atoms with Crippen LogP contribution in [0.25, 0.3) is 16.7 Å². The molecule has 0 atom stereocenters. The molecule has 1 aliphatic carbocycles. The van der Waals surface area contributed by atoms with Crippen molar-refractivity contribution < 1.29 is 0 Å². The van der Waals surface area contributed by atoms with Gasteiger partial charge in [-0.25, -0.2) is 14.5 Å². The molecule has 4 rings (SSSR count). The Bertz CT molecular complexity index is 834. The fraction of sp³-hybridized carbons (Fsp3) is 0.588. The molecule has 0 amide bonds. The summed E-state index contributed by atoms with van der Waals surface area (Å²) < 4.78 is 4.28. The molecular weight excluding hydrogens is 274 g/mol. The zero-order chi connectivity index (χ0) is 15.3. The van der Waals surface area contributed by atoms with Gasteiger partial charge >= 0.3 is 0 Å². The van der Waals surface area contributed by atoms with E-state index in [1.807, 2.05) is 17.8 Å². The van der Waals surface area contributed by atoms with Gasteiger partial charge in [-0.15, -0.1) is 0 Å². The van der Waals surface area contributed by atoms with E-state index in [0.29, 0.717) is 6.04 Å². The molecule has 0 N–H and O–H groups in total. The summed E-state index contributed by atoms with van der Waals surface area (Å²) in [5, 5.41) is 5.58. The molecule has 0 bridgehead atoms. The van der Waals surface area contributed by atoms with Crippen LogP contribution in [0, 0.1) is 20.8 Å². The van der Waals surface area contributed by atoms with Gasteiger partial charge in [0.25, 0.3) is 0 Å². The second-order valence-electron chi connectivity index (χ2n) is 6.60. The largest absolute Gasteiger partial charge is 0.326 e. The minimum atomic E-state index is 0.581. The van der Waals surface area contributed by atoms with Crippen LogP contribution in [0.2, 0.25) is 0 Å². The number of nitrogens with zero attached hydrogens (tertiary/aromatic N) is 5. The van der Waals surface area contributed by atoms with E-state index in [9.17, 15) is 0 Å². The first-order chi connectivity index (χ1) is 10.7. The average molecular weight is 297 g/mol. The van der Waals surface area contributed by atoms with Crippen molar-refractivity contribution in [3.8, 4) is 0 Å². The van der Waals surface area contributed by atoms with Gasteiger partial charge in [-0.2, -0.15) is 5.10 Å². The monoisotopic (exact) mass is 297 g/mol. The highest BCUT2D eigenvalue weighted by Crippen LogP contribution is 2.35. The van der Waals surface area contributed by atoms with E-state index in [1.165, 1.54) is 55.2 Å². The van der Waals surface area contributed by atoms with Crippen molar-refractivity contribution in [3.63, 3.8) is 0 Å². The molecule has 5 heteroatoms. The van der Waals surface area contributed by atoms with E-state index in [2.05, 4.69) is 28.5 Å². The van der Waals surface area contributed by atoms with Crippen molar-refractivity contribution in [1.29, 1.82) is 0 Å². The highest BCUT2D eigenvalue weighted by atomic mass is 15.3. The number of fused-ring (bicyclic) bond motifs is 3. The summed E-state index contributed by atoms with van der Waals surface area (Å²) in [5.74, 6) is 0.800. The van der Waals surface area contributed by atoms with Gasteiger partial charge in [0.1, 0.15) is 17.8 Å². The van der Waals surface area contributed by atoms with Gasteiger partial charge in [0.2, 0.25) is 0 Å². The smallest absolute Gasteiger partial charge is 0.168 e. The highest BCUT2D eigenvalue weighted by molar-refractivity contribution is 5.94. The lowest BCUT2D eigenvalue weighted by Gasteiger charge is -2.19. The van der Waals surface area contributed by atoms with E-state index in [-0.39, 0.29) is 0 Å². The molecular formula is C17H23N5. The lowest BCUT2D eigenvalue weighted by atomic mass is 10.1. The first-order valence-corrected chi connectivity index (χ1v) is 8.36. The standard InChI is InChI=1S/C17H23N5/c1-11-12(2)22(14-8-6-4-5-7-9-14)16-15(11)17-19-13(3)20-21(17)10-18-16/h10,14H,4-9H2,1-3H3. The van der Waals surface area contributed by atoms with E-state index >= 15 is 0 Å². The van der Waals surface area contributed by atoms with Crippen molar-refractivity contribution in [1.82, 2.24) is 24.1 Å². The maximum atomic E-state index is 4.73. The summed E-state index contributed by atoms with van der Waals surface area (Å²) in [6.45, 7) is 6.35. The van der Waals surface area contributed by atoms with Crippen LogP contribution in [-0.4, -0.2) is 24.1 Å². The second kappa shape index (κ2) is 5.07. The molecule has 1 aliphatic rings. The Balaban J connectivity index is 1.98. The third-order valence-corrected chi connectivity index (χ3v) is 5.17. The number of aromatic nitrogens is 5. The summed E-state index contributed by atoms with van der Waals surface area (Å²) in [7, 11) is 0. The van der Waals surface area contributed by atoms with Crippen molar-refractivity contribution in [2.75, 3.05) is 0 Å². The lowest BCUT2D eigenvalue weighted by molar-refractivity contribution is 0.446. The van der Waals surface area contributed by atoms with Gasteiger partial charge in [-0.3, -0.25) is 0 Å². The number of rotatable bonds is 1. The molecule has 1 fully saturated rings. The number of hydrogen-bond donors (Lipinski definition) is 0. The van der Waals surface area contributed by atoms with Crippen LogP contribution >= 0.6 is 0 Å². The molecule has 0 aromatic carbocycles. The quantitative estimate of drug-likeness (QED) is 0.640. The van der Waals surface area contributed by atoms with E-state index < -0.39 is 0 Å². The number of aryl methyl sites for hydroxylation is 2. The highest BCUT2D eigenvalue weighted by Gasteiger charge is 2.23. The van der Waals surface area contributed by atoms with Crippen LogP contribution < -0.4 is 0 Å². The molecule has 0 unspecified atom stereocenters. The topological polar surface area (TPSA) is 48.0 Å². The fourth-order valence-electron chi connectivity index (χ4n) is 3.96. The summed E-state index contributed by atoms with van der Waals surface area (Å²) >= 11 is 0. The molecule has 116 valence electrons. The van der Waals surface area contributed by atoms with Crippen LogP contribution in [0.4, 0.5) is 0 Å². The molecule has 22 heavy (non-hydrogen) atoms. The van der Waals surface area contributed by atoms with Gasteiger partial charge in [0, 0.05) is 11.7 Å². The van der Waals surface area contributed by atoms with Crippen LogP contribution in [-0.2, 0) is 0 Å². The van der Waals surface area contributed by atoms with Crippen molar-refractivity contribution >= 4 is 16.7 Å². The molecule has 0 radical (unpaired) electrons. The molecule has 3 heterocycles. The maximum absolute atomic E-state index is 4.73. The number of hydrogen-bond acceptors (Lipinski definition) is 3. The van der Waals surface area contributed by atoms with Crippen molar-refractivity contribution in [2.24, 2.45) is 0 Å². The minimum Gasteiger partial charge on any atom is -0.326 e. The Morgan fingerprint density at radius 3 is 2.45 bits per heavy atom.